The molecule has 4 atom stereocenters. The minimum atomic E-state index is -0.923. The lowest BCUT2D eigenvalue weighted by Crippen LogP contribution is -2.26. The molecule has 0 spiro atoms. The van der Waals surface area contributed by atoms with E-state index in [1.807, 2.05) is 13.8 Å². The number of halogens is 2. The van der Waals surface area contributed by atoms with Crippen LogP contribution in [0.2, 0.25) is 0 Å². The first-order valence-corrected chi connectivity index (χ1v) is 10.3. The highest BCUT2D eigenvalue weighted by Gasteiger charge is 2.41. The summed E-state index contributed by atoms with van der Waals surface area (Å²) in [4.78, 5) is 20.3. The maximum atomic E-state index is 14.6. The van der Waals surface area contributed by atoms with E-state index in [0.717, 1.165) is 6.20 Å². The largest absolute Gasteiger partial charge is 0.493 e. The summed E-state index contributed by atoms with van der Waals surface area (Å²) >= 11 is 0. The molecular weight excluding hydrogens is 406 g/mol. The van der Waals surface area contributed by atoms with E-state index in [-0.39, 0.29) is 18.2 Å². The van der Waals surface area contributed by atoms with Gasteiger partial charge in [0.05, 0.1) is 36.6 Å². The molecule has 1 aromatic carbocycles. The molecule has 0 bridgehead atoms. The van der Waals surface area contributed by atoms with Crippen LogP contribution in [-0.2, 0) is 4.79 Å². The number of aromatic nitrogens is 2. The third kappa shape index (κ3) is 5.28. The normalized spacial score (nSPS) is 20.5. The Morgan fingerprint density at radius 3 is 2.65 bits per heavy atom. The Labute approximate surface area is 180 Å². The molecule has 9 heteroatoms. The van der Waals surface area contributed by atoms with Crippen molar-refractivity contribution in [2.45, 2.75) is 45.8 Å². The zero-order chi connectivity index (χ0) is 22.7. The minimum Gasteiger partial charge on any atom is -0.493 e. The van der Waals surface area contributed by atoms with Crippen molar-refractivity contribution in [3.63, 3.8) is 0 Å². The van der Waals surface area contributed by atoms with Gasteiger partial charge in [-0.05, 0) is 25.8 Å². The average Bonchev–Trinajstić information content (AvgIpc) is 3.09. The van der Waals surface area contributed by atoms with Gasteiger partial charge in [0, 0.05) is 24.1 Å². The van der Waals surface area contributed by atoms with Crippen LogP contribution in [-0.4, -0.2) is 40.2 Å². The van der Waals surface area contributed by atoms with Crippen molar-refractivity contribution in [1.82, 2.24) is 15.3 Å². The number of ether oxygens (including phenoxy) is 1. The predicted octanol–water partition coefficient (Wildman–Crippen LogP) is 3.17. The van der Waals surface area contributed by atoms with E-state index >= 15 is 0 Å². The molecule has 2 aromatic rings. The minimum absolute atomic E-state index is 0.0625. The molecule has 7 nitrogen and oxygen atoms in total. The van der Waals surface area contributed by atoms with Crippen molar-refractivity contribution < 1.29 is 23.4 Å². The van der Waals surface area contributed by atoms with Gasteiger partial charge in [-0.1, -0.05) is 19.9 Å². The summed E-state index contributed by atoms with van der Waals surface area (Å²) in [7, 11) is 0. The highest BCUT2D eigenvalue weighted by molar-refractivity contribution is 5.86. The number of nitrogens with zero attached hydrogens (tertiary/aromatic N) is 2. The summed E-state index contributed by atoms with van der Waals surface area (Å²) < 4.78 is 34.6. The van der Waals surface area contributed by atoms with Gasteiger partial charge in [0.15, 0.2) is 5.82 Å². The Bertz CT molecular complexity index is 939. The fourth-order valence-corrected chi connectivity index (χ4v) is 3.57. The van der Waals surface area contributed by atoms with E-state index in [1.54, 1.807) is 26.0 Å². The first-order valence-electron chi connectivity index (χ1n) is 10.3. The first kappa shape index (κ1) is 22.9. The fourth-order valence-electron chi connectivity index (χ4n) is 3.57. The highest BCUT2D eigenvalue weighted by Crippen LogP contribution is 2.32. The van der Waals surface area contributed by atoms with Gasteiger partial charge in [-0.3, -0.25) is 4.79 Å². The van der Waals surface area contributed by atoms with Crippen molar-refractivity contribution in [3.05, 3.63) is 47.3 Å². The van der Waals surface area contributed by atoms with E-state index in [4.69, 9.17) is 4.74 Å². The maximum absolute atomic E-state index is 14.6. The lowest BCUT2D eigenvalue weighted by Gasteiger charge is -2.21. The number of aliphatic hydroxyl groups excluding tert-OH is 1. The molecular formula is C22H28F2N4O3. The van der Waals surface area contributed by atoms with Gasteiger partial charge < -0.3 is 20.5 Å². The Hall–Kier alpha value is -2.81. The molecule has 168 valence electrons. The summed E-state index contributed by atoms with van der Waals surface area (Å²) in [6.45, 7) is 8.01. The highest BCUT2D eigenvalue weighted by atomic mass is 19.1. The number of anilines is 1. The number of hydrogen-bond acceptors (Lipinski definition) is 6. The monoisotopic (exact) mass is 434 g/mol. The molecule has 1 aliphatic heterocycles. The van der Waals surface area contributed by atoms with Crippen molar-refractivity contribution in [3.8, 4) is 5.75 Å². The Balaban J connectivity index is 1.79. The molecule has 2 heterocycles. The number of benzene rings is 1. The zero-order valence-corrected chi connectivity index (χ0v) is 18.0. The van der Waals surface area contributed by atoms with Crippen LogP contribution < -0.4 is 15.4 Å². The van der Waals surface area contributed by atoms with Crippen LogP contribution in [0, 0.1) is 23.5 Å². The number of rotatable bonds is 8. The van der Waals surface area contributed by atoms with Crippen molar-refractivity contribution in [2.24, 2.45) is 11.8 Å². The van der Waals surface area contributed by atoms with Gasteiger partial charge in [-0.2, -0.15) is 0 Å². The van der Waals surface area contributed by atoms with E-state index < -0.39 is 41.5 Å². The summed E-state index contributed by atoms with van der Waals surface area (Å²) in [6, 6.07) is 4.10. The molecule has 1 fully saturated rings. The lowest BCUT2D eigenvalue weighted by atomic mass is 9.88. The van der Waals surface area contributed by atoms with E-state index in [1.165, 1.54) is 6.07 Å². The summed E-state index contributed by atoms with van der Waals surface area (Å²) in [6.07, 6.45) is 0.153. The third-order valence-electron chi connectivity index (χ3n) is 5.28. The second-order valence-corrected chi connectivity index (χ2v) is 8.31. The second-order valence-electron chi connectivity index (χ2n) is 8.31. The SMILES string of the molecule is CC(C)COc1ccc([C@H](C)Nc2ncc(F)c([C@@H]3C(=O)NCC3[C@@H](C)O)n2)c(F)c1. The summed E-state index contributed by atoms with van der Waals surface area (Å²) in [5, 5.41) is 15.5. The van der Waals surface area contributed by atoms with E-state index in [9.17, 15) is 18.7 Å². The van der Waals surface area contributed by atoms with Gasteiger partial charge >= 0.3 is 0 Å². The number of hydrogen-bond donors (Lipinski definition) is 3. The lowest BCUT2D eigenvalue weighted by molar-refractivity contribution is -0.121. The number of aliphatic hydroxyl groups is 1. The van der Waals surface area contributed by atoms with Crippen LogP contribution >= 0.6 is 0 Å². The van der Waals surface area contributed by atoms with Crippen LogP contribution in [0.1, 0.15) is 50.9 Å². The molecule has 1 amide bonds. The number of nitrogens with one attached hydrogen (secondary N) is 2. The van der Waals surface area contributed by atoms with Gasteiger partial charge in [0.2, 0.25) is 11.9 Å². The van der Waals surface area contributed by atoms with Crippen molar-refractivity contribution in [2.75, 3.05) is 18.5 Å². The third-order valence-corrected chi connectivity index (χ3v) is 5.28. The van der Waals surface area contributed by atoms with Crippen molar-refractivity contribution >= 4 is 11.9 Å². The molecule has 1 aromatic heterocycles. The first-order chi connectivity index (χ1) is 14.7. The molecule has 0 aliphatic carbocycles. The molecule has 3 rings (SSSR count). The fraction of sp³-hybridized carbons (Fsp3) is 0.500. The molecule has 1 unspecified atom stereocenters. The van der Waals surface area contributed by atoms with E-state index in [0.29, 0.717) is 23.8 Å². The quantitative estimate of drug-likeness (QED) is 0.591. The molecule has 3 N–H and O–H groups in total. The van der Waals surface area contributed by atoms with E-state index in [2.05, 4.69) is 20.6 Å². The zero-order valence-electron chi connectivity index (χ0n) is 18.0. The molecule has 1 saturated heterocycles. The Morgan fingerprint density at radius 2 is 2.00 bits per heavy atom. The maximum Gasteiger partial charge on any atom is 0.229 e. The van der Waals surface area contributed by atoms with Crippen LogP contribution in [0.4, 0.5) is 14.7 Å². The Kier molecular flexibility index (Phi) is 7.04. The van der Waals surface area contributed by atoms with Crippen molar-refractivity contribution in [1.29, 1.82) is 0 Å². The number of carbonyl (C=O) groups excluding carboxylic acids is 1. The number of amides is 1. The molecule has 0 radical (unpaired) electrons. The van der Waals surface area contributed by atoms with Crippen LogP contribution in [0.3, 0.4) is 0 Å². The predicted molar refractivity (Wildman–Crippen MR) is 112 cm³/mol. The second kappa shape index (κ2) is 9.55. The standard InChI is InChI=1S/C22H28F2N4O3/c1-11(2)10-31-14-5-6-15(17(23)7-14)12(3)27-22-26-9-18(24)20(28-22)19-16(13(4)29)8-25-21(19)30/h5-7,9,11-13,16,19,29H,8,10H2,1-4H3,(H,25,30)(H,26,27,28)/t12-,13+,16?,19+/m0/s1. The van der Waals surface area contributed by atoms with Crippen LogP contribution in [0.25, 0.3) is 0 Å². The van der Waals surface area contributed by atoms with Gasteiger partial charge in [0.25, 0.3) is 0 Å². The average molecular weight is 434 g/mol. The van der Waals surface area contributed by atoms with Crippen LogP contribution in [0.15, 0.2) is 24.4 Å². The number of carbonyl (C=O) groups is 1. The van der Waals surface area contributed by atoms with Gasteiger partial charge in [-0.15, -0.1) is 0 Å². The molecule has 0 saturated carbocycles. The van der Waals surface area contributed by atoms with Gasteiger partial charge in [0.1, 0.15) is 11.6 Å². The van der Waals surface area contributed by atoms with Crippen LogP contribution in [0.5, 0.6) is 5.75 Å². The smallest absolute Gasteiger partial charge is 0.229 e. The Morgan fingerprint density at radius 1 is 1.26 bits per heavy atom. The van der Waals surface area contributed by atoms with Gasteiger partial charge in [-0.25, -0.2) is 18.7 Å². The topological polar surface area (TPSA) is 96.4 Å². The molecule has 1 aliphatic rings. The molecule has 31 heavy (non-hydrogen) atoms. The summed E-state index contributed by atoms with van der Waals surface area (Å²) in [5.41, 5.74) is 0.273. The summed E-state index contributed by atoms with van der Waals surface area (Å²) in [5.74, 6) is -2.18.